The van der Waals surface area contributed by atoms with Gasteiger partial charge in [0.05, 0.1) is 0 Å². The summed E-state index contributed by atoms with van der Waals surface area (Å²) in [5.74, 6) is 0. The minimum absolute atomic E-state index is 1.16. The van der Waals surface area contributed by atoms with E-state index in [1.165, 1.54) is 5.46 Å². The summed E-state index contributed by atoms with van der Waals surface area (Å²) in [5, 5.41) is 3.06. The molecule has 0 fully saturated rings. The Balaban J connectivity index is 2.80. The average molecular weight is 132 g/mol. The van der Waals surface area contributed by atoms with Crippen LogP contribution in [0, 0.1) is 0 Å². The molecular formula is C8H11BN. The minimum atomic E-state index is 1.16. The van der Waals surface area contributed by atoms with E-state index in [1.54, 1.807) is 0 Å². The van der Waals surface area contributed by atoms with Gasteiger partial charge in [-0.25, -0.2) is 0 Å². The van der Waals surface area contributed by atoms with Gasteiger partial charge >= 0.3 is 0 Å². The first-order valence-electron chi connectivity index (χ1n) is 3.44. The van der Waals surface area contributed by atoms with Crippen LogP contribution < -0.4 is 10.8 Å². The topological polar surface area (TPSA) is 12.0 Å². The van der Waals surface area contributed by atoms with Gasteiger partial charge in [0.1, 0.15) is 7.28 Å². The smallest absolute Gasteiger partial charge is 0.148 e. The largest absolute Gasteiger partial charge is 0.388 e. The third-order valence-electron chi connectivity index (χ3n) is 1.53. The molecular weight excluding hydrogens is 121 g/mol. The summed E-state index contributed by atoms with van der Waals surface area (Å²) in [6.45, 7) is 2.04. The van der Waals surface area contributed by atoms with Gasteiger partial charge in [0, 0.05) is 12.7 Å². The molecule has 0 aliphatic heterocycles. The Labute approximate surface area is 62.7 Å². The lowest BCUT2D eigenvalue weighted by molar-refractivity contribution is 1.52. The highest BCUT2D eigenvalue weighted by atomic mass is 14.8. The fraction of sp³-hybridized carbons (Fsp3) is 0.250. The van der Waals surface area contributed by atoms with Crippen LogP contribution in [0.5, 0.6) is 0 Å². The second-order valence-electron chi connectivity index (χ2n) is 2.16. The summed E-state index contributed by atoms with van der Waals surface area (Å²) in [7, 11) is 4.00. The predicted octanol–water partition coefficient (Wildman–Crippen LogP) is 1.11. The van der Waals surface area contributed by atoms with Gasteiger partial charge in [-0.05, 0) is 12.1 Å². The molecule has 1 rings (SSSR count). The highest BCUT2D eigenvalue weighted by Crippen LogP contribution is 2.00. The van der Waals surface area contributed by atoms with Crippen LogP contribution in [-0.4, -0.2) is 14.3 Å². The number of hydrogen-bond acceptors (Lipinski definition) is 1. The molecule has 1 N–H and O–H groups in total. The first kappa shape index (κ1) is 7.20. The maximum Gasteiger partial charge on any atom is 0.148 e. The van der Waals surface area contributed by atoms with E-state index in [0.717, 1.165) is 5.69 Å². The van der Waals surface area contributed by atoms with Crippen LogP contribution in [0.25, 0.3) is 0 Å². The number of rotatable bonds is 2. The van der Waals surface area contributed by atoms with Gasteiger partial charge in [-0.2, -0.15) is 0 Å². The molecule has 0 spiro atoms. The molecule has 1 nitrogen and oxygen atoms in total. The van der Waals surface area contributed by atoms with Gasteiger partial charge in [-0.3, -0.25) is 0 Å². The molecule has 0 aromatic heterocycles. The third kappa shape index (κ3) is 1.53. The molecule has 0 heterocycles. The lowest BCUT2D eigenvalue weighted by atomic mass is 9.73. The molecule has 0 saturated carbocycles. The minimum Gasteiger partial charge on any atom is -0.388 e. The number of nitrogens with one attached hydrogen (secondary N) is 1. The predicted molar refractivity (Wildman–Crippen MR) is 47.2 cm³/mol. The number of hydrogen-bond donors (Lipinski definition) is 1. The Kier molecular flexibility index (Phi) is 2.38. The maximum atomic E-state index is 3.06. The van der Waals surface area contributed by atoms with Gasteiger partial charge in [0.15, 0.2) is 0 Å². The molecule has 0 bridgehead atoms. The van der Waals surface area contributed by atoms with Crippen molar-refractivity contribution in [3.8, 4) is 0 Å². The van der Waals surface area contributed by atoms with Gasteiger partial charge in [0.25, 0.3) is 0 Å². The molecule has 0 amide bonds. The molecule has 0 saturated heterocycles. The van der Waals surface area contributed by atoms with Crippen molar-refractivity contribution in [2.45, 2.75) is 6.82 Å². The molecule has 0 unspecified atom stereocenters. The lowest BCUT2D eigenvalue weighted by Crippen LogP contribution is -2.08. The van der Waals surface area contributed by atoms with E-state index in [-0.39, 0.29) is 0 Å². The van der Waals surface area contributed by atoms with Crippen molar-refractivity contribution in [3.05, 3.63) is 24.3 Å². The Morgan fingerprint density at radius 1 is 1.20 bits per heavy atom. The molecule has 0 aliphatic carbocycles. The zero-order valence-corrected chi connectivity index (χ0v) is 6.39. The van der Waals surface area contributed by atoms with Gasteiger partial charge < -0.3 is 5.32 Å². The quantitative estimate of drug-likeness (QED) is 0.594. The highest BCUT2D eigenvalue weighted by molar-refractivity contribution is 6.51. The Bertz CT molecular complexity index is 170. The summed E-state index contributed by atoms with van der Waals surface area (Å²) >= 11 is 0. The SMILES string of the molecule is C[B]c1ccc(NC)cc1. The summed E-state index contributed by atoms with van der Waals surface area (Å²) in [6, 6.07) is 8.31. The summed E-state index contributed by atoms with van der Waals surface area (Å²) in [6.07, 6.45) is 0. The van der Waals surface area contributed by atoms with Crippen LogP contribution in [0.3, 0.4) is 0 Å². The first-order valence-corrected chi connectivity index (χ1v) is 3.44. The molecule has 51 valence electrons. The van der Waals surface area contributed by atoms with Gasteiger partial charge in [-0.1, -0.05) is 24.4 Å². The van der Waals surface area contributed by atoms with E-state index in [4.69, 9.17) is 0 Å². The molecule has 1 radical (unpaired) electrons. The molecule has 0 aliphatic rings. The summed E-state index contributed by atoms with van der Waals surface area (Å²) < 4.78 is 0. The highest BCUT2D eigenvalue weighted by Gasteiger charge is 1.88. The maximum absolute atomic E-state index is 3.06. The first-order chi connectivity index (χ1) is 4.86. The van der Waals surface area contributed by atoms with Crippen LogP contribution in [-0.2, 0) is 0 Å². The second kappa shape index (κ2) is 3.30. The van der Waals surface area contributed by atoms with Crippen molar-refractivity contribution >= 4 is 18.4 Å². The fourth-order valence-corrected chi connectivity index (χ4v) is 0.842. The van der Waals surface area contributed by atoms with Gasteiger partial charge in [0.2, 0.25) is 0 Å². The van der Waals surface area contributed by atoms with Crippen LogP contribution >= 0.6 is 0 Å². The van der Waals surface area contributed by atoms with Crippen molar-refractivity contribution in [1.82, 2.24) is 0 Å². The van der Waals surface area contributed by atoms with E-state index in [9.17, 15) is 0 Å². The Morgan fingerprint density at radius 2 is 1.80 bits per heavy atom. The van der Waals surface area contributed by atoms with Crippen LogP contribution in [0.4, 0.5) is 5.69 Å². The third-order valence-corrected chi connectivity index (χ3v) is 1.53. The normalized spacial score (nSPS) is 9.00. The zero-order chi connectivity index (χ0) is 7.40. The molecule has 2 heteroatoms. The number of anilines is 1. The molecule has 1 aromatic rings. The van der Waals surface area contributed by atoms with Gasteiger partial charge in [-0.15, -0.1) is 0 Å². The number of benzene rings is 1. The Morgan fingerprint density at radius 3 is 2.20 bits per heavy atom. The average Bonchev–Trinajstić information content (AvgIpc) is 2.05. The van der Waals surface area contributed by atoms with E-state index in [1.807, 2.05) is 13.9 Å². The zero-order valence-electron chi connectivity index (χ0n) is 6.39. The van der Waals surface area contributed by atoms with Crippen molar-refractivity contribution in [1.29, 1.82) is 0 Å². The van der Waals surface area contributed by atoms with Crippen molar-refractivity contribution in [2.24, 2.45) is 0 Å². The van der Waals surface area contributed by atoms with E-state index in [2.05, 4.69) is 36.9 Å². The lowest BCUT2D eigenvalue weighted by Gasteiger charge is -1.99. The monoisotopic (exact) mass is 132 g/mol. The molecule has 1 aromatic carbocycles. The van der Waals surface area contributed by atoms with Crippen LogP contribution in [0.2, 0.25) is 6.82 Å². The van der Waals surface area contributed by atoms with E-state index >= 15 is 0 Å². The van der Waals surface area contributed by atoms with Crippen molar-refractivity contribution < 1.29 is 0 Å². The van der Waals surface area contributed by atoms with Crippen LogP contribution in [0.1, 0.15) is 0 Å². The van der Waals surface area contributed by atoms with Crippen LogP contribution in [0.15, 0.2) is 24.3 Å². The molecule has 0 atom stereocenters. The standard InChI is InChI=1S/C8H11BN/c1-9-7-3-5-8(10-2)6-4-7/h3-6,10H,1-2H3. The Hall–Kier alpha value is -0.915. The van der Waals surface area contributed by atoms with E-state index < -0.39 is 0 Å². The second-order valence-corrected chi connectivity index (χ2v) is 2.16. The fourth-order valence-electron chi connectivity index (χ4n) is 0.842. The van der Waals surface area contributed by atoms with E-state index in [0.29, 0.717) is 0 Å². The summed E-state index contributed by atoms with van der Waals surface area (Å²) in [4.78, 5) is 0. The summed E-state index contributed by atoms with van der Waals surface area (Å²) in [5.41, 5.74) is 2.42. The van der Waals surface area contributed by atoms with Crippen molar-refractivity contribution in [3.63, 3.8) is 0 Å². The van der Waals surface area contributed by atoms with Crippen molar-refractivity contribution in [2.75, 3.05) is 12.4 Å². The molecule has 10 heavy (non-hydrogen) atoms.